The molecule has 0 spiro atoms. The molecule has 0 saturated carbocycles. The number of methoxy groups -OCH3 is 1. The molecule has 9 heteroatoms. The summed E-state index contributed by atoms with van der Waals surface area (Å²) >= 11 is 11.9. The molecule has 0 aliphatic rings. The number of carbonyl (C=O) groups is 1. The van der Waals surface area contributed by atoms with Gasteiger partial charge < -0.3 is 25.6 Å². The molecule has 4 aromatic carbocycles. The van der Waals surface area contributed by atoms with E-state index in [0.717, 1.165) is 44.4 Å². The number of para-hydroxylation sites is 2. The number of nitrogens with one attached hydrogen (secondary N) is 3. The van der Waals surface area contributed by atoms with E-state index in [4.69, 9.17) is 32.9 Å². The van der Waals surface area contributed by atoms with E-state index in [-0.39, 0.29) is 6.03 Å². The first-order valence-electron chi connectivity index (χ1n) is 13.3. The second-order valence-electron chi connectivity index (χ2n) is 9.56. The highest BCUT2D eigenvalue weighted by Crippen LogP contribution is 2.37. The maximum absolute atomic E-state index is 12.9. The number of aromatic nitrogens is 1. The number of pyridine rings is 1. The first-order chi connectivity index (χ1) is 20.0. The lowest BCUT2D eigenvalue weighted by molar-refractivity contribution is 0.262. The molecule has 0 aliphatic heterocycles. The third-order valence-corrected chi connectivity index (χ3v) is 7.04. The van der Waals surface area contributed by atoms with Gasteiger partial charge in [-0.3, -0.25) is 0 Å². The predicted molar refractivity (Wildman–Crippen MR) is 173 cm³/mol. The molecule has 7 nitrogen and oxygen atoms in total. The zero-order valence-electron chi connectivity index (χ0n) is 22.9. The van der Waals surface area contributed by atoms with E-state index >= 15 is 0 Å². The summed E-state index contributed by atoms with van der Waals surface area (Å²) in [4.78, 5) is 19.9. The molecular formula is C32H31Cl2N5O2. The highest BCUT2D eigenvalue weighted by Gasteiger charge is 2.14. The number of nitrogens with zero attached hydrogens (tertiary/aromatic N) is 2. The number of benzene rings is 4. The molecule has 3 N–H and O–H groups in total. The van der Waals surface area contributed by atoms with Gasteiger partial charge in [-0.25, -0.2) is 9.78 Å². The minimum absolute atomic E-state index is 0.336. The molecule has 0 saturated heterocycles. The molecule has 1 aromatic heterocycles. The molecule has 210 valence electrons. The molecule has 5 rings (SSSR count). The van der Waals surface area contributed by atoms with Crippen LogP contribution in [0, 0.1) is 6.92 Å². The van der Waals surface area contributed by atoms with E-state index in [1.807, 2.05) is 91.9 Å². The van der Waals surface area contributed by atoms with E-state index in [0.29, 0.717) is 42.0 Å². The Morgan fingerprint density at radius 1 is 0.829 bits per heavy atom. The molecule has 0 fully saturated rings. The van der Waals surface area contributed by atoms with Gasteiger partial charge in [-0.15, -0.1) is 23.2 Å². The lowest BCUT2D eigenvalue weighted by atomic mass is 10.1. The standard InChI is InChI=1S/C32H31Cl2N5O2/c1-21-18-23(35-30-26-6-3-4-8-28(26)38-31-27(30)7-5-9-29(31)41-2)20-24(19-21)37-32(40)36-22-10-12-25(13-11-22)39(16-14-33)17-15-34/h3-13,18-20H,14-17H2,1-2H3,(H,35,38)(H2,36,37,40). The number of aryl methyl sites for hydroxylation is 1. The number of fused-ring (bicyclic) bond motifs is 2. The number of hydrogen-bond acceptors (Lipinski definition) is 5. The first kappa shape index (κ1) is 28.3. The minimum Gasteiger partial charge on any atom is -0.494 e. The molecule has 41 heavy (non-hydrogen) atoms. The summed E-state index contributed by atoms with van der Waals surface area (Å²) in [7, 11) is 1.65. The molecule has 2 amide bonds. The van der Waals surface area contributed by atoms with Crippen LogP contribution in [0.5, 0.6) is 5.75 Å². The topological polar surface area (TPSA) is 78.5 Å². The van der Waals surface area contributed by atoms with Gasteiger partial charge >= 0.3 is 6.03 Å². The lowest BCUT2D eigenvalue weighted by Crippen LogP contribution is -2.27. The Bertz CT molecular complexity index is 1670. The van der Waals surface area contributed by atoms with Crippen LogP contribution in [0.25, 0.3) is 21.8 Å². The van der Waals surface area contributed by atoms with Gasteiger partial charge in [0.1, 0.15) is 11.3 Å². The van der Waals surface area contributed by atoms with Crippen LogP contribution in [0.15, 0.2) is 84.9 Å². The molecule has 0 unspecified atom stereocenters. The van der Waals surface area contributed by atoms with Crippen molar-refractivity contribution in [2.75, 3.05) is 52.8 Å². The van der Waals surface area contributed by atoms with Crippen LogP contribution in [0.4, 0.5) is 33.2 Å². The fraction of sp³-hybridized carbons (Fsp3) is 0.188. The Hall–Kier alpha value is -4.20. The van der Waals surface area contributed by atoms with E-state index in [1.54, 1.807) is 7.11 Å². The van der Waals surface area contributed by atoms with Crippen molar-refractivity contribution in [3.8, 4) is 5.75 Å². The number of rotatable bonds is 10. The van der Waals surface area contributed by atoms with Crippen LogP contribution in [0.1, 0.15) is 5.56 Å². The van der Waals surface area contributed by atoms with Gasteiger partial charge in [-0.05, 0) is 67.1 Å². The molecule has 0 atom stereocenters. The number of ether oxygens (including phenoxy) is 1. The van der Waals surface area contributed by atoms with Crippen molar-refractivity contribution >= 4 is 79.5 Å². The zero-order valence-corrected chi connectivity index (χ0v) is 24.4. The zero-order chi connectivity index (χ0) is 28.8. The normalized spacial score (nSPS) is 10.9. The van der Waals surface area contributed by atoms with Crippen molar-refractivity contribution in [3.63, 3.8) is 0 Å². The first-order valence-corrected chi connectivity index (χ1v) is 14.3. The highest BCUT2D eigenvalue weighted by atomic mass is 35.5. The van der Waals surface area contributed by atoms with Crippen molar-refractivity contribution in [2.24, 2.45) is 0 Å². The SMILES string of the molecule is COc1cccc2c(Nc3cc(C)cc(NC(=O)Nc4ccc(N(CCCl)CCCl)cc4)c3)c3ccccc3nc12. The number of amides is 2. The molecule has 1 heterocycles. The van der Waals surface area contributed by atoms with Gasteiger partial charge in [0, 0.05) is 58.4 Å². The van der Waals surface area contributed by atoms with Crippen LogP contribution in [-0.2, 0) is 0 Å². The molecule has 0 aliphatic carbocycles. The van der Waals surface area contributed by atoms with Gasteiger partial charge in [0.2, 0.25) is 0 Å². The van der Waals surface area contributed by atoms with Crippen molar-refractivity contribution in [2.45, 2.75) is 6.92 Å². The second-order valence-corrected chi connectivity index (χ2v) is 10.3. The van der Waals surface area contributed by atoms with Crippen LogP contribution < -0.4 is 25.6 Å². The smallest absolute Gasteiger partial charge is 0.323 e. The van der Waals surface area contributed by atoms with Crippen molar-refractivity contribution in [1.82, 2.24) is 4.98 Å². The monoisotopic (exact) mass is 587 g/mol. The number of hydrogen-bond donors (Lipinski definition) is 3. The van der Waals surface area contributed by atoms with Crippen LogP contribution in [0.3, 0.4) is 0 Å². The van der Waals surface area contributed by atoms with E-state index in [2.05, 4.69) is 20.9 Å². The number of urea groups is 1. The van der Waals surface area contributed by atoms with Gasteiger partial charge in [-0.2, -0.15) is 0 Å². The highest BCUT2D eigenvalue weighted by molar-refractivity contribution is 6.18. The van der Waals surface area contributed by atoms with Crippen LogP contribution in [-0.4, -0.2) is 43.0 Å². The average Bonchev–Trinajstić information content (AvgIpc) is 2.97. The lowest BCUT2D eigenvalue weighted by Gasteiger charge is -2.23. The Morgan fingerprint density at radius 3 is 2.24 bits per heavy atom. The second kappa shape index (κ2) is 13.0. The summed E-state index contributed by atoms with van der Waals surface area (Å²) in [5.41, 5.74) is 6.73. The van der Waals surface area contributed by atoms with Gasteiger partial charge in [-0.1, -0.05) is 30.3 Å². The summed E-state index contributed by atoms with van der Waals surface area (Å²) in [5, 5.41) is 11.4. The third-order valence-electron chi connectivity index (χ3n) is 6.70. The molecule has 0 radical (unpaired) electrons. The van der Waals surface area contributed by atoms with Crippen LogP contribution >= 0.6 is 23.2 Å². The summed E-state index contributed by atoms with van der Waals surface area (Å²) in [6.07, 6.45) is 0. The maximum Gasteiger partial charge on any atom is 0.323 e. The molecule has 0 bridgehead atoms. The van der Waals surface area contributed by atoms with E-state index in [9.17, 15) is 4.79 Å². The maximum atomic E-state index is 12.9. The Balaban J connectivity index is 1.37. The summed E-state index contributed by atoms with van der Waals surface area (Å²) in [6.45, 7) is 3.39. The number of halogens is 2. The summed E-state index contributed by atoms with van der Waals surface area (Å²) in [6, 6.07) is 27.0. The number of anilines is 5. The number of alkyl halides is 2. The summed E-state index contributed by atoms with van der Waals surface area (Å²) < 4.78 is 5.59. The minimum atomic E-state index is -0.336. The Kier molecular flexibility index (Phi) is 8.97. The largest absolute Gasteiger partial charge is 0.494 e. The van der Waals surface area contributed by atoms with Crippen molar-refractivity contribution < 1.29 is 9.53 Å². The predicted octanol–water partition coefficient (Wildman–Crippen LogP) is 8.38. The van der Waals surface area contributed by atoms with Gasteiger partial charge in [0.05, 0.1) is 18.3 Å². The fourth-order valence-corrected chi connectivity index (χ4v) is 5.29. The van der Waals surface area contributed by atoms with Crippen LogP contribution in [0.2, 0.25) is 0 Å². The quantitative estimate of drug-likeness (QED) is 0.113. The number of carbonyl (C=O) groups excluding carboxylic acids is 1. The Morgan fingerprint density at radius 2 is 1.51 bits per heavy atom. The molecular weight excluding hydrogens is 557 g/mol. The summed E-state index contributed by atoms with van der Waals surface area (Å²) in [5.74, 6) is 1.72. The van der Waals surface area contributed by atoms with Gasteiger partial charge in [0.15, 0.2) is 0 Å². The molecule has 5 aromatic rings. The third kappa shape index (κ3) is 6.59. The van der Waals surface area contributed by atoms with Gasteiger partial charge in [0.25, 0.3) is 0 Å². The Labute approximate surface area is 249 Å². The average molecular weight is 589 g/mol. The van der Waals surface area contributed by atoms with Crippen molar-refractivity contribution in [1.29, 1.82) is 0 Å². The van der Waals surface area contributed by atoms with E-state index < -0.39 is 0 Å². The van der Waals surface area contributed by atoms with E-state index in [1.165, 1.54) is 0 Å². The fourth-order valence-electron chi connectivity index (χ4n) is 4.88. The van der Waals surface area contributed by atoms with Crippen molar-refractivity contribution in [3.05, 3.63) is 90.5 Å².